The lowest BCUT2D eigenvalue weighted by molar-refractivity contribution is -0.161. The fraction of sp³-hybridized carbons (Fsp3) is 0.312. The zero-order chi connectivity index (χ0) is 18.9. The maximum Gasteiger partial charge on any atom is 0.336 e. The van der Waals surface area contributed by atoms with Crippen LogP contribution in [-0.4, -0.2) is 61.7 Å². The molecule has 0 aliphatic rings. The van der Waals surface area contributed by atoms with Crippen LogP contribution in [0.2, 0.25) is 0 Å². The van der Waals surface area contributed by atoms with E-state index in [2.05, 4.69) is 0 Å². The molecule has 0 radical (unpaired) electrons. The van der Waals surface area contributed by atoms with E-state index in [1.165, 1.54) is 24.3 Å². The summed E-state index contributed by atoms with van der Waals surface area (Å²) in [5.41, 5.74) is -0.0607. The van der Waals surface area contributed by atoms with Crippen LogP contribution in [0.4, 0.5) is 0 Å². The molecule has 0 saturated carbocycles. The van der Waals surface area contributed by atoms with Crippen LogP contribution < -0.4 is 5.63 Å². The van der Waals surface area contributed by atoms with E-state index in [0.29, 0.717) is 10.9 Å². The van der Waals surface area contributed by atoms with Crippen molar-refractivity contribution < 1.29 is 39.5 Å². The average molecular weight is 352 g/mol. The van der Waals surface area contributed by atoms with Gasteiger partial charge in [-0.1, -0.05) is 12.1 Å². The summed E-state index contributed by atoms with van der Waals surface area (Å²) in [7, 11) is 0. The van der Waals surface area contributed by atoms with Crippen LogP contribution in [0.3, 0.4) is 0 Å². The molecule has 9 heteroatoms. The van der Waals surface area contributed by atoms with Gasteiger partial charge in [0.2, 0.25) is 0 Å². The van der Waals surface area contributed by atoms with E-state index in [1.807, 2.05) is 0 Å². The maximum absolute atomic E-state index is 12.2. The number of carbonyl (C=O) groups excluding carboxylic acids is 1. The van der Waals surface area contributed by atoms with E-state index >= 15 is 0 Å². The van der Waals surface area contributed by atoms with Crippen LogP contribution in [0.25, 0.3) is 11.0 Å². The number of hydrogen-bond donors (Lipinski definition) is 5. The summed E-state index contributed by atoms with van der Waals surface area (Å²) in [5, 5.41) is 47.4. The summed E-state index contributed by atoms with van der Waals surface area (Å²) in [5.74, 6) is -2.87. The highest BCUT2D eigenvalue weighted by molar-refractivity contribution is 6.02. The predicted molar refractivity (Wildman–Crippen MR) is 83.2 cm³/mol. The number of aliphatic hydroxyl groups is 4. The lowest BCUT2D eigenvalue weighted by atomic mass is 9.95. The number of benzene rings is 1. The molecule has 2 rings (SSSR count). The smallest absolute Gasteiger partial charge is 0.336 e. The van der Waals surface area contributed by atoms with Gasteiger partial charge < -0.3 is 29.9 Å². The van der Waals surface area contributed by atoms with Crippen LogP contribution >= 0.6 is 0 Å². The van der Waals surface area contributed by atoms with Crippen LogP contribution in [0.5, 0.6) is 0 Å². The molecule has 0 spiro atoms. The Morgan fingerprint density at radius 1 is 1.00 bits per heavy atom. The number of carboxylic acid groups (broad SMARTS) is 1. The molecule has 9 nitrogen and oxygen atoms in total. The van der Waals surface area contributed by atoms with Crippen molar-refractivity contribution >= 4 is 22.7 Å². The third-order valence-corrected chi connectivity index (χ3v) is 3.75. The van der Waals surface area contributed by atoms with Gasteiger partial charge in [-0.05, 0) is 18.6 Å². The summed E-state index contributed by atoms with van der Waals surface area (Å²) in [6.45, 7) is 1.67. The fourth-order valence-electron chi connectivity index (χ4n) is 2.32. The summed E-state index contributed by atoms with van der Waals surface area (Å²) in [4.78, 5) is 34.2. The molecule has 0 aliphatic carbocycles. The minimum atomic E-state index is -2.38. The standard InChI is InChI=1S/C16H16O9/c1-6-4-10(17)25-9-5-7(2-3-8(6)9)11(18)12(19)13(20)14(21)15(22)16(23)24/h2-5,12-15,19-22H,1H3,(H,23,24)/t12-,13+,14-,15-/m0/s1. The predicted octanol–water partition coefficient (Wildman–Crippen LogP) is -1.19. The van der Waals surface area contributed by atoms with Crippen LogP contribution in [0, 0.1) is 6.92 Å². The quantitative estimate of drug-likeness (QED) is 0.317. The number of hydrogen-bond acceptors (Lipinski definition) is 8. The number of aliphatic carboxylic acids is 1. The van der Waals surface area contributed by atoms with Crippen molar-refractivity contribution in [3.05, 3.63) is 45.8 Å². The van der Waals surface area contributed by atoms with E-state index in [4.69, 9.17) is 9.52 Å². The van der Waals surface area contributed by atoms with Gasteiger partial charge in [-0.2, -0.15) is 0 Å². The lowest BCUT2D eigenvalue weighted by Crippen LogP contribution is -2.50. The van der Waals surface area contributed by atoms with Gasteiger partial charge in [0.25, 0.3) is 0 Å². The number of rotatable bonds is 6. The lowest BCUT2D eigenvalue weighted by Gasteiger charge is -2.23. The van der Waals surface area contributed by atoms with Crippen LogP contribution in [0.1, 0.15) is 15.9 Å². The molecule has 134 valence electrons. The molecular formula is C16H16O9. The van der Waals surface area contributed by atoms with Crippen molar-refractivity contribution in [1.82, 2.24) is 0 Å². The topological polar surface area (TPSA) is 166 Å². The zero-order valence-corrected chi connectivity index (χ0v) is 13.0. The van der Waals surface area contributed by atoms with E-state index in [1.54, 1.807) is 6.92 Å². The maximum atomic E-state index is 12.2. The second kappa shape index (κ2) is 7.11. The Morgan fingerprint density at radius 3 is 2.20 bits per heavy atom. The number of aryl methyl sites for hydroxylation is 1. The van der Waals surface area contributed by atoms with Gasteiger partial charge in [-0.3, -0.25) is 4.79 Å². The fourth-order valence-corrected chi connectivity index (χ4v) is 2.32. The molecule has 5 N–H and O–H groups in total. The summed E-state index contributed by atoms with van der Waals surface area (Å²) in [6, 6.07) is 5.24. The zero-order valence-electron chi connectivity index (χ0n) is 13.0. The first-order chi connectivity index (χ1) is 11.6. The highest BCUT2D eigenvalue weighted by Gasteiger charge is 2.37. The van der Waals surface area contributed by atoms with Gasteiger partial charge in [0.05, 0.1) is 0 Å². The first-order valence-corrected chi connectivity index (χ1v) is 7.17. The van der Waals surface area contributed by atoms with Crippen molar-refractivity contribution in [3.8, 4) is 0 Å². The molecule has 25 heavy (non-hydrogen) atoms. The molecule has 1 aromatic heterocycles. The molecule has 4 atom stereocenters. The number of Topliss-reactive ketones (excluding diaryl/α,β-unsaturated/α-hetero) is 1. The number of fused-ring (bicyclic) bond motifs is 1. The molecule has 0 unspecified atom stereocenters. The molecule has 0 amide bonds. The Morgan fingerprint density at radius 2 is 1.60 bits per heavy atom. The first kappa shape index (κ1) is 18.7. The Labute approximate surface area is 140 Å². The molecular weight excluding hydrogens is 336 g/mol. The number of carboxylic acids is 1. The van der Waals surface area contributed by atoms with Crippen molar-refractivity contribution in [2.45, 2.75) is 31.3 Å². The minimum absolute atomic E-state index is 0.0867. The van der Waals surface area contributed by atoms with Crippen molar-refractivity contribution in [1.29, 1.82) is 0 Å². The Balaban J connectivity index is 2.31. The van der Waals surface area contributed by atoms with E-state index in [0.717, 1.165) is 0 Å². The Bertz CT molecular complexity index is 870. The van der Waals surface area contributed by atoms with Crippen LogP contribution in [-0.2, 0) is 4.79 Å². The molecule has 1 heterocycles. The molecule has 2 aromatic rings. The first-order valence-electron chi connectivity index (χ1n) is 7.17. The van der Waals surface area contributed by atoms with E-state index in [-0.39, 0.29) is 11.1 Å². The van der Waals surface area contributed by atoms with Crippen molar-refractivity contribution in [2.24, 2.45) is 0 Å². The SMILES string of the molecule is Cc1cc(=O)oc2cc(C(=O)[C@H](O)[C@@H](O)[C@H](O)[C@H](O)C(=O)O)ccc12. The van der Waals surface area contributed by atoms with E-state index < -0.39 is 41.8 Å². The summed E-state index contributed by atoms with van der Waals surface area (Å²) in [6.07, 6.45) is -9.09. The minimum Gasteiger partial charge on any atom is -0.479 e. The second-order valence-electron chi connectivity index (χ2n) is 5.53. The Kier molecular flexibility index (Phi) is 5.33. The average Bonchev–Trinajstić information content (AvgIpc) is 2.57. The molecule has 0 bridgehead atoms. The van der Waals surface area contributed by atoms with Crippen LogP contribution in [0.15, 0.2) is 33.5 Å². The molecule has 1 aromatic carbocycles. The van der Waals surface area contributed by atoms with Gasteiger partial charge in [-0.15, -0.1) is 0 Å². The largest absolute Gasteiger partial charge is 0.479 e. The number of ketones is 1. The van der Waals surface area contributed by atoms with Gasteiger partial charge in [-0.25, -0.2) is 9.59 Å². The Hall–Kier alpha value is -2.59. The third-order valence-electron chi connectivity index (χ3n) is 3.75. The third kappa shape index (κ3) is 3.74. The van der Waals surface area contributed by atoms with Crippen molar-refractivity contribution in [3.63, 3.8) is 0 Å². The monoisotopic (exact) mass is 352 g/mol. The molecule has 0 aliphatic heterocycles. The second-order valence-corrected chi connectivity index (χ2v) is 5.53. The summed E-state index contributed by atoms with van der Waals surface area (Å²) < 4.78 is 4.97. The van der Waals surface area contributed by atoms with Crippen molar-refractivity contribution in [2.75, 3.05) is 0 Å². The van der Waals surface area contributed by atoms with Gasteiger partial charge in [0.15, 0.2) is 11.9 Å². The highest BCUT2D eigenvalue weighted by atomic mass is 16.4. The normalized spacial score (nSPS) is 16.2. The van der Waals surface area contributed by atoms with Gasteiger partial charge >= 0.3 is 11.6 Å². The number of carbonyl (C=O) groups is 2. The van der Waals surface area contributed by atoms with Gasteiger partial charge in [0.1, 0.15) is 23.9 Å². The molecule has 0 fully saturated rings. The summed E-state index contributed by atoms with van der Waals surface area (Å²) >= 11 is 0. The van der Waals surface area contributed by atoms with E-state index in [9.17, 15) is 34.8 Å². The number of aliphatic hydroxyl groups excluding tert-OH is 4. The van der Waals surface area contributed by atoms with Gasteiger partial charge in [0, 0.05) is 17.0 Å². The highest BCUT2D eigenvalue weighted by Crippen LogP contribution is 2.20. The molecule has 0 saturated heterocycles.